The number of hydrogen-bond donors (Lipinski definition) is 1. The van der Waals surface area contributed by atoms with Gasteiger partial charge in [0, 0.05) is 12.6 Å². The first-order valence-corrected chi connectivity index (χ1v) is 6.26. The lowest BCUT2D eigenvalue weighted by Crippen LogP contribution is -2.32. The van der Waals surface area contributed by atoms with Crippen molar-refractivity contribution in [1.29, 1.82) is 0 Å². The zero-order valence-electron chi connectivity index (χ0n) is 10.4. The van der Waals surface area contributed by atoms with E-state index in [-0.39, 0.29) is 10.8 Å². The van der Waals surface area contributed by atoms with Gasteiger partial charge in [0.05, 0.1) is 5.02 Å². The average molecular weight is 259 g/mol. The number of halogens is 2. The Balaban J connectivity index is 2.47. The molecule has 1 unspecified atom stereocenters. The van der Waals surface area contributed by atoms with Crippen LogP contribution in [0.5, 0.6) is 0 Å². The van der Waals surface area contributed by atoms with Crippen molar-refractivity contribution in [2.24, 2.45) is 5.73 Å². The Hall–Kier alpha value is -0.640. The number of hydrogen-bond acceptors (Lipinski definition) is 2. The van der Waals surface area contributed by atoms with E-state index < -0.39 is 0 Å². The quantitative estimate of drug-likeness (QED) is 0.850. The normalized spacial score (nSPS) is 13.1. The van der Waals surface area contributed by atoms with Crippen LogP contribution in [0.25, 0.3) is 0 Å². The van der Waals surface area contributed by atoms with Crippen molar-refractivity contribution in [1.82, 2.24) is 4.90 Å². The van der Waals surface area contributed by atoms with Gasteiger partial charge in [0.25, 0.3) is 0 Å². The molecule has 1 aromatic carbocycles. The second-order valence-electron chi connectivity index (χ2n) is 4.41. The third-order valence-electron chi connectivity index (χ3n) is 3.07. The second kappa shape index (κ2) is 6.94. The van der Waals surface area contributed by atoms with E-state index in [1.54, 1.807) is 12.1 Å². The molecule has 2 nitrogen and oxygen atoms in total. The fourth-order valence-corrected chi connectivity index (χ4v) is 1.89. The smallest absolute Gasteiger partial charge is 0.141 e. The van der Waals surface area contributed by atoms with Crippen LogP contribution in [0.15, 0.2) is 18.2 Å². The number of likely N-dealkylation sites (N-methyl/N-ethyl adjacent to an activating group) is 1. The Morgan fingerprint density at radius 1 is 1.47 bits per heavy atom. The predicted molar refractivity (Wildman–Crippen MR) is 70.9 cm³/mol. The molecule has 0 spiro atoms. The molecule has 17 heavy (non-hydrogen) atoms. The fourth-order valence-electron chi connectivity index (χ4n) is 1.68. The molecule has 0 aliphatic carbocycles. The van der Waals surface area contributed by atoms with E-state index in [0.29, 0.717) is 12.6 Å². The minimum absolute atomic E-state index is 0.195. The topological polar surface area (TPSA) is 29.3 Å². The number of nitrogens with two attached hydrogens (primary N) is 1. The maximum absolute atomic E-state index is 13.0. The van der Waals surface area contributed by atoms with E-state index in [9.17, 15) is 4.39 Å². The number of benzene rings is 1. The fraction of sp³-hybridized carbons (Fsp3) is 0.538. The van der Waals surface area contributed by atoms with Gasteiger partial charge in [0.2, 0.25) is 0 Å². The van der Waals surface area contributed by atoms with Crippen LogP contribution in [0.4, 0.5) is 4.39 Å². The summed E-state index contributed by atoms with van der Waals surface area (Å²) in [6, 6.07) is 5.36. The van der Waals surface area contributed by atoms with Gasteiger partial charge in [-0.2, -0.15) is 0 Å². The molecule has 0 aliphatic rings. The van der Waals surface area contributed by atoms with Gasteiger partial charge in [-0.25, -0.2) is 4.39 Å². The molecule has 1 rings (SSSR count). The van der Waals surface area contributed by atoms with Crippen LogP contribution in [0.1, 0.15) is 18.9 Å². The van der Waals surface area contributed by atoms with E-state index in [4.69, 9.17) is 17.3 Å². The van der Waals surface area contributed by atoms with E-state index in [1.165, 1.54) is 6.07 Å². The van der Waals surface area contributed by atoms with Crippen LogP contribution in [-0.4, -0.2) is 31.1 Å². The largest absolute Gasteiger partial charge is 0.330 e. The molecule has 0 heterocycles. The van der Waals surface area contributed by atoms with Crippen LogP contribution in [0.3, 0.4) is 0 Å². The average Bonchev–Trinajstić information content (AvgIpc) is 2.30. The van der Waals surface area contributed by atoms with Gasteiger partial charge in [-0.15, -0.1) is 0 Å². The molecule has 0 aromatic heterocycles. The molecule has 0 bridgehead atoms. The van der Waals surface area contributed by atoms with E-state index in [2.05, 4.69) is 18.9 Å². The van der Waals surface area contributed by atoms with Gasteiger partial charge in [-0.05, 0) is 51.1 Å². The lowest BCUT2D eigenvalue weighted by atomic mass is 10.1. The Morgan fingerprint density at radius 3 is 2.76 bits per heavy atom. The molecule has 4 heteroatoms. The molecule has 1 aromatic rings. The molecule has 1 atom stereocenters. The highest BCUT2D eigenvalue weighted by Crippen LogP contribution is 2.16. The molecule has 0 amide bonds. The minimum atomic E-state index is -0.361. The van der Waals surface area contributed by atoms with Gasteiger partial charge < -0.3 is 10.6 Å². The molecule has 0 fully saturated rings. The maximum atomic E-state index is 13.0. The van der Waals surface area contributed by atoms with Crippen LogP contribution in [0.2, 0.25) is 5.02 Å². The maximum Gasteiger partial charge on any atom is 0.141 e. The Morgan fingerprint density at radius 2 is 2.18 bits per heavy atom. The highest BCUT2D eigenvalue weighted by Gasteiger charge is 2.08. The van der Waals surface area contributed by atoms with E-state index in [0.717, 1.165) is 24.9 Å². The molecule has 0 aliphatic heterocycles. The molecule has 0 saturated heterocycles. The first-order chi connectivity index (χ1) is 8.04. The summed E-state index contributed by atoms with van der Waals surface area (Å²) in [4.78, 5) is 2.25. The highest BCUT2D eigenvalue weighted by atomic mass is 35.5. The Labute approximate surface area is 108 Å². The van der Waals surface area contributed by atoms with Crippen molar-refractivity contribution in [3.8, 4) is 0 Å². The summed E-state index contributed by atoms with van der Waals surface area (Å²) in [5, 5.41) is 0.195. The summed E-state index contributed by atoms with van der Waals surface area (Å²) < 4.78 is 13.0. The van der Waals surface area contributed by atoms with Crippen LogP contribution in [-0.2, 0) is 6.42 Å². The molecule has 0 radical (unpaired) electrons. The van der Waals surface area contributed by atoms with Crippen molar-refractivity contribution < 1.29 is 4.39 Å². The molecular weight excluding hydrogens is 239 g/mol. The van der Waals surface area contributed by atoms with Crippen molar-refractivity contribution in [2.75, 3.05) is 20.1 Å². The predicted octanol–water partition coefficient (Wildman–Crippen LogP) is 2.69. The summed E-state index contributed by atoms with van der Waals surface area (Å²) >= 11 is 5.74. The third kappa shape index (κ3) is 4.62. The second-order valence-corrected chi connectivity index (χ2v) is 4.81. The minimum Gasteiger partial charge on any atom is -0.330 e. The van der Waals surface area contributed by atoms with E-state index >= 15 is 0 Å². The van der Waals surface area contributed by atoms with Crippen molar-refractivity contribution in [2.45, 2.75) is 25.8 Å². The zero-order chi connectivity index (χ0) is 12.8. The lowest BCUT2D eigenvalue weighted by molar-refractivity contribution is 0.251. The first kappa shape index (κ1) is 14.4. The van der Waals surface area contributed by atoms with Crippen LogP contribution < -0.4 is 5.73 Å². The summed E-state index contributed by atoms with van der Waals surface area (Å²) in [6.45, 7) is 3.78. The monoisotopic (exact) mass is 258 g/mol. The molecule has 2 N–H and O–H groups in total. The summed E-state index contributed by atoms with van der Waals surface area (Å²) in [5.41, 5.74) is 6.58. The van der Waals surface area contributed by atoms with Crippen molar-refractivity contribution >= 4 is 11.6 Å². The third-order valence-corrected chi connectivity index (χ3v) is 3.36. The van der Waals surface area contributed by atoms with Gasteiger partial charge in [0.15, 0.2) is 0 Å². The van der Waals surface area contributed by atoms with E-state index in [1.807, 2.05) is 0 Å². The number of rotatable bonds is 6. The SMILES string of the molecule is CC(CCN)N(C)CCc1ccc(F)c(Cl)c1. The Kier molecular flexibility index (Phi) is 5.89. The van der Waals surface area contributed by atoms with Gasteiger partial charge >= 0.3 is 0 Å². The standard InChI is InChI=1S/C13H20ClFN2/c1-10(5-7-16)17(2)8-6-11-3-4-13(15)12(14)9-11/h3-4,9-10H,5-8,16H2,1-2H3. The zero-order valence-corrected chi connectivity index (χ0v) is 11.2. The first-order valence-electron chi connectivity index (χ1n) is 5.89. The Bertz CT molecular complexity index is 357. The van der Waals surface area contributed by atoms with Gasteiger partial charge in [0.1, 0.15) is 5.82 Å². The highest BCUT2D eigenvalue weighted by molar-refractivity contribution is 6.30. The van der Waals surface area contributed by atoms with Crippen LogP contribution in [0, 0.1) is 5.82 Å². The van der Waals surface area contributed by atoms with Crippen molar-refractivity contribution in [3.63, 3.8) is 0 Å². The van der Waals surface area contributed by atoms with Gasteiger partial charge in [-0.3, -0.25) is 0 Å². The van der Waals surface area contributed by atoms with Crippen molar-refractivity contribution in [3.05, 3.63) is 34.6 Å². The van der Waals surface area contributed by atoms with Gasteiger partial charge in [-0.1, -0.05) is 17.7 Å². The molecular formula is C13H20ClFN2. The summed E-state index contributed by atoms with van der Waals surface area (Å²) in [7, 11) is 2.07. The lowest BCUT2D eigenvalue weighted by Gasteiger charge is -2.24. The van der Waals surface area contributed by atoms with Crippen LogP contribution >= 0.6 is 11.6 Å². The summed E-state index contributed by atoms with van der Waals surface area (Å²) in [6.07, 6.45) is 1.85. The summed E-state index contributed by atoms with van der Waals surface area (Å²) in [5.74, 6) is -0.361. The molecule has 96 valence electrons. The number of nitrogens with zero attached hydrogens (tertiary/aromatic N) is 1. The molecule has 0 saturated carbocycles.